The maximum atomic E-state index is 12.3. The second-order valence-corrected chi connectivity index (χ2v) is 7.59. The van der Waals surface area contributed by atoms with E-state index in [1.807, 2.05) is 0 Å². The number of carbonyl (C=O) groups is 2. The van der Waals surface area contributed by atoms with Gasteiger partial charge in [0.25, 0.3) is 5.91 Å². The minimum atomic E-state index is -3.90. The molecule has 0 unspecified atom stereocenters. The molecule has 2 rings (SSSR count). The molecular weight excluding hydrogens is 348 g/mol. The second kappa shape index (κ2) is 7.83. The molecule has 0 saturated heterocycles. The molecule has 0 aliphatic heterocycles. The smallest absolute Gasteiger partial charge is 0.324 e. The van der Waals surface area contributed by atoms with Gasteiger partial charge in [-0.15, -0.1) is 0 Å². The van der Waals surface area contributed by atoms with Crippen LogP contribution in [0.15, 0.2) is 29.2 Å². The maximum Gasteiger partial charge on any atom is 0.324 e. The van der Waals surface area contributed by atoms with Crippen LogP contribution in [0.2, 0.25) is 0 Å². The zero-order valence-corrected chi connectivity index (χ0v) is 15.1. The van der Waals surface area contributed by atoms with Crippen molar-refractivity contribution in [1.29, 1.82) is 0 Å². The van der Waals surface area contributed by atoms with Gasteiger partial charge in [-0.3, -0.25) is 9.59 Å². The number of sulfonamides is 1. The zero-order chi connectivity index (χ0) is 18.6. The lowest BCUT2D eigenvalue weighted by Crippen LogP contribution is -2.43. The summed E-state index contributed by atoms with van der Waals surface area (Å²) in [6.07, 6.45) is 0.857. The van der Waals surface area contributed by atoms with E-state index in [2.05, 4.69) is 10.0 Å². The Morgan fingerprint density at radius 3 is 2.28 bits per heavy atom. The van der Waals surface area contributed by atoms with Crippen molar-refractivity contribution in [2.75, 3.05) is 7.11 Å². The molecule has 2 atom stereocenters. The molecule has 0 aromatic heterocycles. The van der Waals surface area contributed by atoms with Crippen molar-refractivity contribution in [2.24, 2.45) is 0 Å². The highest BCUT2D eigenvalue weighted by Crippen LogP contribution is 2.19. The van der Waals surface area contributed by atoms with E-state index in [1.165, 1.54) is 45.2 Å². The number of nitrogens with one attached hydrogen (secondary N) is 2. The monoisotopic (exact) mass is 370 g/mol. The molecule has 25 heavy (non-hydrogen) atoms. The molecule has 1 fully saturated rings. The Bertz CT molecular complexity index is 727. The van der Waals surface area contributed by atoms with Gasteiger partial charge in [0.15, 0.2) is 6.10 Å². The summed E-state index contributed by atoms with van der Waals surface area (Å²) in [6, 6.07) is 4.75. The van der Waals surface area contributed by atoms with Crippen molar-refractivity contribution in [3.63, 3.8) is 0 Å². The van der Waals surface area contributed by atoms with Gasteiger partial charge in [-0.05, 0) is 51.0 Å². The van der Waals surface area contributed by atoms with Crippen LogP contribution >= 0.6 is 0 Å². The van der Waals surface area contributed by atoms with Crippen LogP contribution in [0.5, 0.6) is 5.75 Å². The Labute approximate surface area is 146 Å². The van der Waals surface area contributed by atoms with Crippen molar-refractivity contribution in [3.05, 3.63) is 24.3 Å². The third-order valence-corrected chi connectivity index (χ3v) is 5.20. The molecule has 1 amide bonds. The highest BCUT2D eigenvalue weighted by atomic mass is 32.2. The average molecular weight is 370 g/mol. The fraction of sp³-hybridized carbons (Fsp3) is 0.500. The fourth-order valence-electron chi connectivity index (χ4n) is 1.98. The van der Waals surface area contributed by atoms with E-state index in [4.69, 9.17) is 9.47 Å². The molecule has 138 valence electrons. The predicted octanol–water partition coefficient (Wildman–Crippen LogP) is 0.572. The number of esters is 1. The summed E-state index contributed by atoms with van der Waals surface area (Å²) in [5.41, 5.74) is 0. The van der Waals surface area contributed by atoms with Crippen LogP contribution in [0.1, 0.15) is 26.7 Å². The molecule has 0 bridgehead atoms. The summed E-state index contributed by atoms with van der Waals surface area (Å²) in [5.74, 6) is -0.696. The maximum absolute atomic E-state index is 12.3. The summed E-state index contributed by atoms with van der Waals surface area (Å²) in [5, 5.41) is 2.72. The number of hydrogen-bond acceptors (Lipinski definition) is 6. The van der Waals surface area contributed by atoms with Crippen molar-refractivity contribution >= 4 is 21.9 Å². The van der Waals surface area contributed by atoms with Crippen LogP contribution in [-0.4, -0.2) is 45.6 Å². The Morgan fingerprint density at radius 1 is 1.16 bits per heavy atom. The number of methoxy groups -OCH3 is 1. The van der Waals surface area contributed by atoms with Crippen LogP contribution in [0.25, 0.3) is 0 Å². The summed E-state index contributed by atoms with van der Waals surface area (Å²) < 4.78 is 36.8. The van der Waals surface area contributed by atoms with E-state index in [-0.39, 0.29) is 16.8 Å². The molecule has 1 aromatic rings. The highest BCUT2D eigenvalue weighted by Gasteiger charge is 2.29. The fourth-order valence-corrected chi connectivity index (χ4v) is 3.17. The van der Waals surface area contributed by atoms with Gasteiger partial charge in [0.1, 0.15) is 11.8 Å². The number of rotatable bonds is 8. The summed E-state index contributed by atoms with van der Waals surface area (Å²) in [6.45, 7) is 2.80. The van der Waals surface area contributed by atoms with E-state index in [0.29, 0.717) is 5.75 Å². The van der Waals surface area contributed by atoms with Crippen molar-refractivity contribution < 1.29 is 27.5 Å². The minimum absolute atomic E-state index is 0.00697. The van der Waals surface area contributed by atoms with Gasteiger partial charge in [0.2, 0.25) is 10.0 Å². The molecule has 8 nitrogen and oxygen atoms in total. The molecule has 1 saturated carbocycles. The Morgan fingerprint density at radius 2 is 1.76 bits per heavy atom. The summed E-state index contributed by atoms with van der Waals surface area (Å²) in [4.78, 5) is 23.8. The van der Waals surface area contributed by atoms with Gasteiger partial charge in [-0.25, -0.2) is 8.42 Å². The lowest BCUT2D eigenvalue weighted by molar-refractivity contribution is -0.156. The first-order valence-corrected chi connectivity index (χ1v) is 9.38. The standard InChI is InChI=1S/C16H22N2O6S/c1-10(16(20)24-11(2)15(19)17-12-4-5-12)18-25(21,22)14-8-6-13(23-3)7-9-14/h6-12,18H,4-5H2,1-3H3,(H,17,19)/t10-,11+/m0/s1. The number of benzene rings is 1. The average Bonchev–Trinajstić information content (AvgIpc) is 3.38. The second-order valence-electron chi connectivity index (χ2n) is 5.88. The highest BCUT2D eigenvalue weighted by molar-refractivity contribution is 7.89. The van der Waals surface area contributed by atoms with Gasteiger partial charge in [-0.1, -0.05) is 0 Å². The van der Waals surface area contributed by atoms with Gasteiger partial charge in [-0.2, -0.15) is 4.72 Å². The van der Waals surface area contributed by atoms with Gasteiger partial charge in [0.05, 0.1) is 12.0 Å². The van der Waals surface area contributed by atoms with E-state index >= 15 is 0 Å². The first-order chi connectivity index (χ1) is 11.7. The lowest BCUT2D eigenvalue weighted by atomic mass is 10.3. The van der Waals surface area contributed by atoms with Crippen molar-refractivity contribution in [1.82, 2.24) is 10.0 Å². The molecule has 1 aromatic carbocycles. The van der Waals surface area contributed by atoms with Crippen LogP contribution < -0.4 is 14.8 Å². The van der Waals surface area contributed by atoms with Gasteiger partial charge in [0, 0.05) is 6.04 Å². The molecule has 0 spiro atoms. The normalized spacial score (nSPS) is 16.6. The third-order valence-electron chi connectivity index (χ3n) is 3.64. The van der Waals surface area contributed by atoms with Crippen LogP contribution in [0, 0.1) is 0 Å². The molecule has 2 N–H and O–H groups in total. The molecule has 0 heterocycles. The Hall–Kier alpha value is -2.13. The SMILES string of the molecule is COc1ccc(S(=O)(=O)N[C@@H](C)C(=O)O[C@H](C)C(=O)NC2CC2)cc1. The topological polar surface area (TPSA) is 111 Å². The van der Waals surface area contributed by atoms with Crippen molar-refractivity contribution in [2.45, 2.75) is 49.8 Å². The van der Waals surface area contributed by atoms with E-state index in [9.17, 15) is 18.0 Å². The number of ether oxygens (including phenoxy) is 2. The molecule has 1 aliphatic rings. The molecule has 9 heteroatoms. The van der Waals surface area contributed by atoms with E-state index in [0.717, 1.165) is 12.8 Å². The van der Waals surface area contributed by atoms with Gasteiger partial charge < -0.3 is 14.8 Å². The molecule has 0 radical (unpaired) electrons. The predicted molar refractivity (Wildman–Crippen MR) is 89.5 cm³/mol. The van der Waals surface area contributed by atoms with E-state index < -0.39 is 28.1 Å². The third kappa shape index (κ3) is 5.43. The quantitative estimate of drug-likeness (QED) is 0.648. The van der Waals surface area contributed by atoms with Crippen LogP contribution in [0.3, 0.4) is 0 Å². The Balaban J connectivity index is 1.92. The molecular formula is C16H22N2O6S. The van der Waals surface area contributed by atoms with Crippen LogP contribution in [-0.2, 0) is 24.3 Å². The zero-order valence-electron chi connectivity index (χ0n) is 14.3. The largest absolute Gasteiger partial charge is 0.497 e. The van der Waals surface area contributed by atoms with Crippen LogP contribution in [0.4, 0.5) is 0 Å². The molecule has 1 aliphatic carbocycles. The number of hydrogen-bond donors (Lipinski definition) is 2. The van der Waals surface area contributed by atoms with E-state index in [1.54, 1.807) is 0 Å². The number of carbonyl (C=O) groups excluding carboxylic acids is 2. The van der Waals surface area contributed by atoms with Gasteiger partial charge >= 0.3 is 5.97 Å². The lowest BCUT2D eigenvalue weighted by Gasteiger charge is -2.17. The minimum Gasteiger partial charge on any atom is -0.497 e. The first kappa shape index (κ1) is 19.2. The number of amides is 1. The first-order valence-electron chi connectivity index (χ1n) is 7.90. The summed E-state index contributed by atoms with van der Waals surface area (Å²) in [7, 11) is -2.43. The summed E-state index contributed by atoms with van der Waals surface area (Å²) >= 11 is 0. The van der Waals surface area contributed by atoms with Crippen molar-refractivity contribution in [3.8, 4) is 5.75 Å². The Kier molecular flexibility index (Phi) is 6.02.